The van der Waals surface area contributed by atoms with Crippen LogP contribution in [-0.4, -0.2) is 35.6 Å². The quantitative estimate of drug-likeness (QED) is 0.692. The Kier molecular flexibility index (Phi) is 5.70. The zero-order valence-electron chi connectivity index (χ0n) is 12.2. The lowest BCUT2D eigenvalue weighted by Crippen LogP contribution is -2.50. The summed E-state index contributed by atoms with van der Waals surface area (Å²) >= 11 is 0. The van der Waals surface area contributed by atoms with E-state index in [1.54, 1.807) is 26.0 Å². The van der Waals surface area contributed by atoms with Gasteiger partial charge in [0.05, 0.1) is 12.1 Å². The summed E-state index contributed by atoms with van der Waals surface area (Å²) in [5.74, 6) is -0.00767. The molecule has 0 atom stereocenters. The van der Waals surface area contributed by atoms with Crippen LogP contribution in [0.3, 0.4) is 0 Å². The van der Waals surface area contributed by atoms with Gasteiger partial charge in [-0.3, -0.25) is 4.79 Å². The second kappa shape index (κ2) is 7.05. The molecule has 0 aliphatic heterocycles. The third kappa shape index (κ3) is 5.40. The van der Waals surface area contributed by atoms with Gasteiger partial charge in [0.25, 0.3) is 0 Å². The fraction of sp³-hybridized carbons (Fsp3) is 0.467. The third-order valence-electron chi connectivity index (χ3n) is 2.86. The van der Waals surface area contributed by atoms with Crippen molar-refractivity contribution in [3.63, 3.8) is 0 Å². The number of hydrogen-bond donors (Lipinski definition) is 3. The maximum atomic E-state index is 11.9. The van der Waals surface area contributed by atoms with Crippen LogP contribution in [-0.2, 0) is 0 Å². The summed E-state index contributed by atoms with van der Waals surface area (Å²) < 4.78 is 0. The van der Waals surface area contributed by atoms with Gasteiger partial charge in [-0.15, -0.1) is 0 Å². The minimum absolute atomic E-state index is 0.00767. The van der Waals surface area contributed by atoms with Crippen molar-refractivity contribution in [1.29, 1.82) is 0 Å². The molecule has 0 aromatic heterocycles. The van der Waals surface area contributed by atoms with Gasteiger partial charge in [-0.1, -0.05) is 29.8 Å². The van der Waals surface area contributed by atoms with Crippen molar-refractivity contribution >= 4 is 11.8 Å². The number of aliphatic hydroxyl groups excluding tert-OH is 1. The van der Waals surface area contributed by atoms with Gasteiger partial charge in [0, 0.05) is 18.5 Å². The summed E-state index contributed by atoms with van der Waals surface area (Å²) in [6.07, 6.45) is 0.246. The van der Waals surface area contributed by atoms with E-state index in [1.165, 1.54) is 0 Å². The normalized spacial score (nSPS) is 11.0. The molecule has 5 heteroatoms. The molecule has 5 nitrogen and oxygen atoms in total. The molecule has 2 amide bonds. The first kappa shape index (κ1) is 16.2. The first-order valence-corrected chi connectivity index (χ1v) is 6.61. The smallest absolute Gasteiger partial charge is 0.315 e. The molecule has 0 aliphatic carbocycles. The Labute approximate surface area is 119 Å². The van der Waals surface area contributed by atoms with E-state index in [4.69, 9.17) is 5.11 Å². The lowest BCUT2D eigenvalue weighted by molar-refractivity contribution is 0.0983. The summed E-state index contributed by atoms with van der Waals surface area (Å²) in [5, 5.41) is 14.2. The van der Waals surface area contributed by atoms with Crippen molar-refractivity contribution < 1.29 is 14.7 Å². The fourth-order valence-electron chi connectivity index (χ4n) is 1.56. The Hall–Kier alpha value is -1.88. The Bertz CT molecular complexity index is 467. The standard InChI is InChI=1S/C15H22N2O3/c1-11-4-6-12(7-5-11)13(19)8-9-16-14(20)17-15(2,3)10-18/h4-7,18H,8-10H2,1-3H3,(H2,16,17,20). The summed E-state index contributed by atoms with van der Waals surface area (Å²) in [7, 11) is 0. The van der Waals surface area contributed by atoms with Crippen LogP contribution < -0.4 is 10.6 Å². The van der Waals surface area contributed by atoms with E-state index >= 15 is 0 Å². The molecule has 1 aromatic rings. The number of amides is 2. The van der Waals surface area contributed by atoms with Crippen molar-refractivity contribution in [2.45, 2.75) is 32.7 Å². The summed E-state index contributed by atoms with van der Waals surface area (Å²) in [6.45, 7) is 5.50. The molecule has 3 N–H and O–H groups in total. The number of carbonyl (C=O) groups is 2. The SMILES string of the molecule is Cc1ccc(C(=O)CCNC(=O)NC(C)(C)CO)cc1. The van der Waals surface area contributed by atoms with Crippen molar-refractivity contribution in [1.82, 2.24) is 10.6 Å². The number of rotatable bonds is 6. The number of urea groups is 1. The van der Waals surface area contributed by atoms with Gasteiger partial charge < -0.3 is 15.7 Å². The average molecular weight is 278 g/mol. The molecule has 0 fully saturated rings. The number of ketones is 1. The topological polar surface area (TPSA) is 78.4 Å². The Morgan fingerprint density at radius 3 is 2.35 bits per heavy atom. The maximum Gasteiger partial charge on any atom is 0.315 e. The van der Waals surface area contributed by atoms with Gasteiger partial charge in [-0.05, 0) is 20.8 Å². The lowest BCUT2D eigenvalue weighted by atomic mass is 10.1. The number of carbonyl (C=O) groups excluding carboxylic acids is 2. The number of hydrogen-bond acceptors (Lipinski definition) is 3. The summed E-state index contributed by atoms with van der Waals surface area (Å²) in [4.78, 5) is 23.4. The van der Waals surface area contributed by atoms with Gasteiger partial charge >= 0.3 is 6.03 Å². The highest BCUT2D eigenvalue weighted by Crippen LogP contribution is 2.05. The monoisotopic (exact) mass is 278 g/mol. The van der Waals surface area contributed by atoms with Crippen LogP contribution in [0.4, 0.5) is 4.79 Å². The van der Waals surface area contributed by atoms with Gasteiger partial charge in [0.2, 0.25) is 0 Å². The van der Waals surface area contributed by atoms with Gasteiger partial charge in [-0.2, -0.15) is 0 Å². The maximum absolute atomic E-state index is 11.9. The van der Waals surface area contributed by atoms with Gasteiger partial charge in [-0.25, -0.2) is 4.79 Å². The van der Waals surface area contributed by atoms with E-state index in [2.05, 4.69) is 10.6 Å². The van der Waals surface area contributed by atoms with Crippen molar-refractivity contribution in [3.05, 3.63) is 35.4 Å². The molecule has 1 rings (SSSR count). The molecule has 0 saturated heterocycles. The second-order valence-corrected chi connectivity index (χ2v) is 5.46. The molecular weight excluding hydrogens is 256 g/mol. The van der Waals surface area contributed by atoms with Gasteiger partial charge in [0.15, 0.2) is 5.78 Å². The summed E-state index contributed by atoms with van der Waals surface area (Å²) in [5.41, 5.74) is 1.07. The van der Waals surface area contributed by atoms with E-state index in [1.807, 2.05) is 19.1 Å². The predicted molar refractivity (Wildman–Crippen MR) is 77.8 cm³/mol. The average Bonchev–Trinajstić information content (AvgIpc) is 2.38. The van der Waals surface area contributed by atoms with Crippen LogP contribution in [0.25, 0.3) is 0 Å². The number of nitrogens with one attached hydrogen (secondary N) is 2. The molecule has 0 heterocycles. The van der Waals surface area contributed by atoms with Crippen LogP contribution in [0.2, 0.25) is 0 Å². The van der Waals surface area contributed by atoms with Crippen LogP contribution in [0.1, 0.15) is 36.2 Å². The van der Waals surface area contributed by atoms with Crippen LogP contribution in [0.15, 0.2) is 24.3 Å². The summed E-state index contributed by atoms with van der Waals surface area (Å²) in [6, 6.07) is 6.95. The van der Waals surface area contributed by atoms with Crippen molar-refractivity contribution in [2.24, 2.45) is 0 Å². The molecule has 0 radical (unpaired) electrons. The number of aryl methyl sites for hydroxylation is 1. The fourth-order valence-corrected chi connectivity index (χ4v) is 1.56. The molecule has 110 valence electrons. The Morgan fingerprint density at radius 2 is 1.80 bits per heavy atom. The van der Waals surface area contributed by atoms with Gasteiger partial charge in [0.1, 0.15) is 0 Å². The highest BCUT2D eigenvalue weighted by molar-refractivity contribution is 5.96. The van der Waals surface area contributed by atoms with Crippen molar-refractivity contribution in [3.8, 4) is 0 Å². The zero-order chi connectivity index (χ0) is 15.2. The minimum atomic E-state index is -0.676. The van der Waals surface area contributed by atoms with E-state index in [-0.39, 0.29) is 31.4 Å². The Morgan fingerprint density at radius 1 is 1.20 bits per heavy atom. The molecule has 0 aliphatic rings. The lowest BCUT2D eigenvalue weighted by Gasteiger charge is -2.23. The largest absolute Gasteiger partial charge is 0.394 e. The first-order valence-electron chi connectivity index (χ1n) is 6.61. The molecule has 0 bridgehead atoms. The molecule has 0 spiro atoms. The number of aliphatic hydroxyl groups is 1. The number of benzene rings is 1. The van der Waals surface area contributed by atoms with Crippen LogP contribution >= 0.6 is 0 Å². The molecule has 1 aromatic carbocycles. The molecule has 0 unspecified atom stereocenters. The van der Waals surface area contributed by atoms with E-state index in [0.29, 0.717) is 5.56 Å². The number of Topliss-reactive ketones (excluding diaryl/α,β-unsaturated/α-hetero) is 1. The third-order valence-corrected chi connectivity index (χ3v) is 2.86. The second-order valence-electron chi connectivity index (χ2n) is 5.46. The molecule has 20 heavy (non-hydrogen) atoms. The first-order chi connectivity index (χ1) is 9.34. The van der Waals surface area contributed by atoms with E-state index in [0.717, 1.165) is 5.56 Å². The van der Waals surface area contributed by atoms with Crippen LogP contribution in [0.5, 0.6) is 0 Å². The van der Waals surface area contributed by atoms with E-state index in [9.17, 15) is 9.59 Å². The Balaban J connectivity index is 2.35. The predicted octanol–water partition coefficient (Wildman–Crippen LogP) is 1.64. The zero-order valence-corrected chi connectivity index (χ0v) is 12.2. The minimum Gasteiger partial charge on any atom is -0.394 e. The van der Waals surface area contributed by atoms with Crippen LogP contribution in [0, 0.1) is 6.92 Å². The van der Waals surface area contributed by atoms with E-state index < -0.39 is 5.54 Å². The molecule has 0 saturated carbocycles. The highest BCUT2D eigenvalue weighted by Gasteiger charge is 2.18. The van der Waals surface area contributed by atoms with Crippen molar-refractivity contribution in [2.75, 3.05) is 13.2 Å². The highest BCUT2D eigenvalue weighted by atomic mass is 16.3. The molecular formula is C15H22N2O3.